The third kappa shape index (κ3) is 3.08. The van der Waals surface area contributed by atoms with Gasteiger partial charge >= 0.3 is 0 Å². The van der Waals surface area contributed by atoms with Gasteiger partial charge in [-0.15, -0.1) is 11.3 Å². The minimum absolute atomic E-state index is 0.183. The van der Waals surface area contributed by atoms with Crippen LogP contribution in [-0.2, 0) is 10.0 Å². The molecule has 18 heavy (non-hydrogen) atoms. The number of amides is 1. The maximum Gasteiger partial charge on any atom is 0.276 e. The molecule has 94 valence electrons. The molecule has 1 N–H and O–H groups in total. The van der Waals surface area contributed by atoms with Gasteiger partial charge in [0.15, 0.2) is 10.8 Å². The number of carbonyl (C=O) groups is 1. The minimum atomic E-state index is -3.58. The zero-order valence-electron chi connectivity index (χ0n) is 9.19. The minimum Gasteiger partial charge on any atom is -0.267 e. The fraction of sp³-hybridized carbons (Fsp3) is 0.111. The van der Waals surface area contributed by atoms with Gasteiger partial charge in [-0.25, -0.2) is 28.1 Å². The molecular weight excluding hydrogens is 276 g/mol. The van der Waals surface area contributed by atoms with Gasteiger partial charge in [0.2, 0.25) is 10.0 Å². The van der Waals surface area contributed by atoms with E-state index in [1.165, 1.54) is 6.20 Å². The van der Waals surface area contributed by atoms with Gasteiger partial charge in [-0.1, -0.05) is 0 Å². The standard InChI is InChI=1S/C9H8N4O3S2/c1-18(15,16)13-8(14)6-5-12-9(17-6)7-10-3-2-4-11-7/h2-5H,1H3,(H,13,14). The van der Waals surface area contributed by atoms with Crippen LogP contribution in [-0.4, -0.2) is 35.5 Å². The Morgan fingerprint density at radius 2 is 1.94 bits per heavy atom. The lowest BCUT2D eigenvalue weighted by Gasteiger charge is -1.97. The first-order chi connectivity index (χ1) is 8.46. The molecule has 1 amide bonds. The van der Waals surface area contributed by atoms with Crippen molar-refractivity contribution in [2.75, 3.05) is 6.26 Å². The summed E-state index contributed by atoms with van der Waals surface area (Å²) in [7, 11) is -3.58. The number of rotatable bonds is 3. The SMILES string of the molecule is CS(=O)(=O)NC(=O)c1cnc(-c2ncccn2)s1. The fourth-order valence-electron chi connectivity index (χ4n) is 1.11. The second kappa shape index (κ2) is 4.78. The molecule has 2 aromatic rings. The van der Waals surface area contributed by atoms with E-state index in [1.807, 2.05) is 4.72 Å². The van der Waals surface area contributed by atoms with Gasteiger partial charge < -0.3 is 0 Å². The molecule has 0 aliphatic rings. The number of hydrogen-bond donors (Lipinski definition) is 1. The van der Waals surface area contributed by atoms with Crippen molar-refractivity contribution in [3.05, 3.63) is 29.5 Å². The molecule has 2 rings (SSSR count). The predicted octanol–water partition coefficient (Wildman–Crippen LogP) is 0.289. The normalized spacial score (nSPS) is 11.2. The lowest BCUT2D eigenvalue weighted by Crippen LogP contribution is -2.28. The van der Waals surface area contributed by atoms with Crippen LogP contribution in [0.4, 0.5) is 0 Å². The highest BCUT2D eigenvalue weighted by molar-refractivity contribution is 7.89. The molecule has 0 spiro atoms. The number of aromatic nitrogens is 3. The topological polar surface area (TPSA) is 102 Å². The average Bonchev–Trinajstić information content (AvgIpc) is 2.77. The van der Waals surface area contributed by atoms with Gasteiger partial charge in [-0.2, -0.15) is 0 Å². The molecule has 0 atom stereocenters. The van der Waals surface area contributed by atoms with E-state index in [2.05, 4.69) is 15.0 Å². The summed E-state index contributed by atoms with van der Waals surface area (Å²) >= 11 is 1.02. The lowest BCUT2D eigenvalue weighted by molar-refractivity contribution is 0.0985. The quantitative estimate of drug-likeness (QED) is 0.869. The third-order valence-corrected chi connectivity index (χ3v) is 3.31. The van der Waals surface area contributed by atoms with Crippen LogP contribution in [0.25, 0.3) is 10.8 Å². The Hall–Kier alpha value is -1.87. The molecule has 7 nitrogen and oxygen atoms in total. The van der Waals surface area contributed by atoms with Crippen LogP contribution < -0.4 is 4.72 Å². The molecule has 2 aromatic heterocycles. The molecule has 0 unspecified atom stereocenters. The molecule has 9 heteroatoms. The predicted molar refractivity (Wildman–Crippen MR) is 65.5 cm³/mol. The van der Waals surface area contributed by atoms with E-state index in [4.69, 9.17) is 0 Å². The molecule has 0 radical (unpaired) electrons. The van der Waals surface area contributed by atoms with Gasteiger partial charge in [0.05, 0.1) is 12.5 Å². The lowest BCUT2D eigenvalue weighted by atomic mass is 10.5. The van der Waals surface area contributed by atoms with E-state index in [-0.39, 0.29) is 4.88 Å². The van der Waals surface area contributed by atoms with Crippen LogP contribution in [0.15, 0.2) is 24.7 Å². The van der Waals surface area contributed by atoms with Crippen molar-refractivity contribution in [3.8, 4) is 10.8 Å². The number of sulfonamides is 1. The van der Waals surface area contributed by atoms with Crippen LogP contribution in [0.1, 0.15) is 9.67 Å². The maximum atomic E-state index is 11.5. The van der Waals surface area contributed by atoms with Gasteiger partial charge in [-0.3, -0.25) is 4.79 Å². The molecule has 0 fully saturated rings. The highest BCUT2D eigenvalue weighted by Gasteiger charge is 2.15. The molecule has 0 aliphatic carbocycles. The van der Waals surface area contributed by atoms with E-state index < -0.39 is 15.9 Å². The molecule has 0 bridgehead atoms. The highest BCUT2D eigenvalue weighted by Crippen LogP contribution is 2.21. The molecule has 0 aromatic carbocycles. The van der Waals surface area contributed by atoms with Crippen LogP contribution in [0, 0.1) is 0 Å². The Morgan fingerprint density at radius 1 is 1.28 bits per heavy atom. The number of carbonyl (C=O) groups excluding carboxylic acids is 1. The van der Waals surface area contributed by atoms with E-state index in [0.29, 0.717) is 10.8 Å². The van der Waals surface area contributed by atoms with Crippen molar-refractivity contribution in [2.45, 2.75) is 0 Å². The number of thiazole rings is 1. The smallest absolute Gasteiger partial charge is 0.267 e. The van der Waals surface area contributed by atoms with Crippen molar-refractivity contribution < 1.29 is 13.2 Å². The zero-order valence-corrected chi connectivity index (χ0v) is 10.8. The first-order valence-electron chi connectivity index (χ1n) is 4.71. The molecule has 2 heterocycles. The third-order valence-electron chi connectivity index (χ3n) is 1.76. The largest absolute Gasteiger partial charge is 0.276 e. The van der Waals surface area contributed by atoms with Gasteiger partial charge in [0.25, 0.3) is 5.91 Å². The summed E-state index contributed by atoms with van der Waals surface area (Å²) in [6.07, 6.45) is 5.31. The van der Waals surface area contributed by atoms with Crippen LogP contribution in [0.2, 0.25) is 0 Å². The Bertz CT molecular complexity index is 666. The summed E-state index contributed by atoms with van der Waals surface area (Å²) in [6, 6.07) is 1.66. The molecule has 0 aliphatic heterocycles. The van der Waals surface area contributed by atoms with Gasteiger partial charge in [0.1, 0.15) is 4.88 Å². The average molecular weight is 284 g/mol. The molecule has 0 saturated carbocycles. The van der Waals surface area contributed by atoms with E-state index in [0.717, 1.165) is 17.6 Å². The first-order valence-corrected chi connectivity index (χ1v) is 7.42. The molecule has 0 saturated heterocycles. The summed E-state index contributed by atoms with van der Waals surface area (Å²) in [5, 5.41) is 0.453. The zero-order chi connectivity index (χ0) is 13.2. The van der Waals surface area contributed by atoms with E-state index in [9.17, 15) is 13.2 Å². The number of hydrogen-bond acceptors (Lipinski definition) is 7. The van der Waals surface area contributed by atoms with Crippen molar-refractivity contribution in [3.63, 3.8) is 0 Å². The van der Waals surface area contributed by atoms with Crippen molar-refractivity contribution in [1.29, 1.82) is 0 Å². The van der Waals surface area contributed by atoms with Crippen LogP contribution in [0.3, 0.4) is 0 Å². The Kier molecular flexibility index (Phi) is 3.34. The van der Waals surface area contributed by atoms with Crippen molar-refractivity contribution in [2.24, 2.45) is 0 Å². The van der Waals surface area contributed by atoms with Gasteiger partial charge in [-0.05, 0) is 6.07 Å². The van der Waals surface area contributed by atoms with E-state index in [1.54, 1.807) is 18.5 Å². The summed E-state index contributed by atoms with van der Waals surface area (Å²) in [4.78, 5) is 23.7. The Balaban J connectivity index is 2.24. The molecular formula is C9H8N4O3S2. The second-order valence-electron chi connectivity index (χ2n) is 3.31. The van der Waals surface area contributed by atoms with Crippen LogP contribution >= 0.6 is 11.3 Å². The Morgan fingerprint density at radius 3 is 2.56 bits per heavy atom. The summed E-state index contributed by atoms with van der Waals surface area (Å²) in [5.74, 6) is -0.321. The Labute approximate surface area is 107 Å². The maximum absolute atomic E-state index is 11.5. The van der Waals surface area contributed by atoms with Crippen molar-refractivity contribution >= 4 is 27.3 Å². The monoisotopic (exact) mass is 284 g/mol. The number of nitrogens with zero attached hydrogens (tertiary/aromatic N) is 3. The number of nitrogens with one attached hydrogen (secondary N) is 1. The second-order valence-corrected chi connectivity index (χ2v) is 6.08. The first kappa shape index (κ1) is 12.6. The van der Waals surface area contributed by atoms with Crippen molar-refractivity contribution in [1.82, 2.24) is 19.7 Å². The van der Waals surface area contributed by atoms with E-state index >= 15 is 0 Å². The summed E-state index contributed by atoms with van der Waals surface area (Å²) < 4.78 is 23.7. The highest BCUT2D eigenvalue weighted by atomic mass is 32.2. The fourth-order valence-corrected chi connectivity index (χ4v) is 2.38. The summed E-state index contributed by atoms with van der Waals surface area (Å²) in [6.45, 7) is 0. The van der Waals surface area contributed by atoms with Crippen LogP contribution in [0.5, 0.6) is 0 Å². The van der Waals surface area contributed by atoms with Gasteiger partial charge in [0, 0.05) is 12.4 Å². The summed E-state index contributed by atoms with van der Waals surface area (Å²) in [5.41, 5.74) is 0.